The van der Waals surface area contributed by atoms with Crippen LogP contribution in [-0.2, 0) is 16.2 Å². The van der Waals surface area contributed by atoms with Crippen LogP contribution in [0.4, 0.5) is 0 Å². The molecule has 1 aromatic heterocycles. The van der Waals surface area contributed by atoms with Crippen LogP contribution < -0.4 is 0 Å². The molecule has 1 aliphatic heterocycles. The van der Waals surface area contributed by atoms with Gasteiger partial charge in [0.1, 0.15) is 0 Å². The van der Waals surface area contributed by atoms with Gasteiger partial charge >= 0.3 is 0 Å². The molecule has 0 saturated carbocycles. The first-order valence-electron chi connectivity index (χ1n) is 6.09. The van der Waals surface area contributed by atoms with Gasteiger partial charge in [-0.1, -0.05) is 29.8 Å². The molecule has 0 N–H and O–H groups in total. The normalized spacial score (nSPS) is 23.4. The molecule has 18 heavy (non-hydrogen) atoms. The van der Waals surface area contributed by atoms with Gasteiger partial charge in [-0.15, -0.1) is 11.8 Å². The molecule has 4 heteroatoms. The van der Waals surface area contributed by atoms with E-state index in [2.05, 4.69) is 40.7 Å². The average molecular weight is 260 g/mol. The molecule has 3 rings (SSSR count). The number of hydrogen-bond donors (Lipinski definition) is 0. The van der Waals surface area contributed by atoms with E-state index in [0.717, 1.165) is 18.9 Å². The van der Waals surface area contributed by atoms with Gasteiger partial charge in [-0.25, -0.2) is 4.98 Å². The molecule has 2 aromatic rings. The van der Waals surface area contributed by atoms with E-state index in [4.69, 9.17) is 4.74 Å². The van der Waals surface area contributed by atoms with Crippen LogP contribution in [0.25, 0.3) is 0 Å². The highest BCUT2D eigenvalue weighted by molar-refractivity contribution is 8.00. The van der Waals surface area contributed by atoms with Gasteiger partial charge in [0.15, 0.2) is 4.93 Å². The molecule has 1 unspecified atom stereocenters. The Balaban J connectivity index is 1.93. The van der Waals surface area contributed by atoms with Crippen molar-refractivity contribution in [2.75, 3.05) is 12.4 Å². The summed E-state index contributed by atoms with van der Waals surface area (Å²) in [6.07, 6.45) is 5.64. The SMILES string of the molecule is Cc1ccc(C2(Cn3ccnc3)OCCS2)cc1. The molecular weight excluding hydrogens is 244 g/mol. The second-order valence-electron chi connectivity index (χ2n) is 4.55. The van der Waals surface area contributed by atoms with Crippen LogP contribution in [0, 0.1) is 6.92 Å². The summed E-state index contributed by atoms with van der Waals surface area (Å²) >= 11 is 1.88. The summed E-state index contributed by atoms with van der Waals surface area (Å²) in [5.74, 6) is 1.04. The molecule has 94 valence electrons. The summed E-state index contributed by atoms with van der Waals surface area (Å²) in [6.45, 7) is 3.73. The van der Waals surface area contributed by atoms with Gasteiger partial charge in [0.2, 0.25) is 0 Å². The fraction of sp³-hybridized carbons (Fsp3) is 0.357. The zero-order chi connectivity index (χ0) is 12.4. The summed E-state index contributed by atoms with van der Waals surface area (Å²) < 4.78 is 8.14. The molecule has 3 nitrogen and oxygen atoms in total. The molecule has 1 aliphatic rings. The lowest BCUT2D eigenvalue weighted by atomic mass is 10.1. The zero-order valence-electron chi connectivity index (χ0n) is 10.4. The number of aromatic nitrogens is 2. The molecule has 1 saturated heterocycles. The number of nitrogens with zero attached hydrogens (tertiary/aromatic N) is 2. The Hall–Kier alpha value is -1.26. The minimum atomic E-state index is -0.256. The van der Waals surface area contributed by atoms with Gasteiger partial charge in [0.25, 0.3) is 0 Å². The predicted molar refractivity (Wildman–Crippen MR) is 73.5 cm³/mol. The van der Waals surface area contributed by atoms with Crippen molar-refractivity contribution in [1.29, 1.82) is 0 Å². The summed E-state index contributed by atoms with van der Waals surface area (Å²) in [5, 5.41) is 0. The zero-order valence-corrected chi connectivity index (χ0v) is 11.2. The van der Waals surface area contributed by atoms with E-state index in [-0.39, 0.29) is 4.93 Å². The average Bonchev–Trinajstić information content (AvgIpc) is 3.03. The Morgan fingerprint density at radius 1 is 1.39 bits per heavy atom. The maximum atomic E-state index is 6.05. The van der Waals surface area contributed by atoms with Crippen LogP contribution in [-0.4, -0.2) is 21.9 Å². The van der Waals surface area contributed by atoms with E-state index in [1.807, 2.05) is 30.5 Å². The highest BCUT2D eigenvalue weighted by Crippen LogP contribution is 2.43. The number of thioether (sulfide) groups is 1. The van der Waals surface area contributed by atoms with Gasteiger partial charge in [-0.3, -0.25) is 0 Å². The van der Waals surface area contributed by atoms with Crippen LogP contribution in [0.2, 0.25) is 0 Å². The lowest BCUT2D eigenvalue weighted by Gasteiger charge is -2.28. The van der Waals surface area contributed by atoms with E-state index in [1.165, 1.54) is 11.1 Å². The van der Waals surface area contributed by atoms with Crippen molar-refractivity contribution < 1.29 is 4.74 Å². The van der Waals surface area contributed by atoms with Crippen LogP contribution in [0.3, 0.4) is 0 Å². The second kappa shape index (κ2) is 4.78. The molecule has 2 heterocycles. The van der Waals surface area contributed by atoms with E-state index >= 15 is 0 Å². The van der Waals surface area contributed by atoms with Gasteiger partial charge in [0, 0.05) is 18.1 Å². The van der Waals surface area contributed by atoms with Gasteiger partial charge in [-0.2, -0.15) is 0 Å². The maximum Gasteiger partial charge on any atom is 0.157 e. The van der Waals surface area contributed by atoms with Gasteiger partial charge in [-0.05, 0) is 12.5 Å². The van der Waals surface area contributed by atoms with Gasteiger partial charge in [0.05, 0.1) is 19.5 Å². The Kier molecular flexibility index (Phi) is 3.14. The van der Waals surface area contributed by atoms with E-state index in [9.17, 15) is 0 Å². The van der Waals surface area contributed by atoms with Crippen molar-refractivity contribution in [2.24, 2.45) is 0 Å². The topological polar surface area (TPSA) is 27.1 Å². The number of imidazole rings is 1. The van der Waals surface area contributed by atoms with Gasteiger partial charge < -0.3 is 9.30 Å². The fourth-order valence-corrected chi connectivity index (χ4v) is 3.44. The number of hydrogen-bond acceptors (Lipinski definition) is 3. The lowest BCUT2D eigenvalue weighted by molar-refractivity contribution is 0.0357. The van der Waals surface area contributed by atoms with E-state index in [0.29, 0.717) is 0 Å². The van der Waals surface area contributed by atoms with Crippen LogP contribution in [0.1, 0.15) is 11.1 Å². The first-order chi connectivity index (χ1) is 8.78. The molecule has 1 atom stereocenters. The molecule has 0 spiro atoms. The molecule has 0 bridgehead atoms. The lowest BCUT2D eigenvalue weighted by Crippen LogP contribution is -2.27. The number of rotatable bonds is 3. The van der Waals surface area contributed by atoms with Crippen molar-refractivity contribution in [3.05, 3.63) is 54.1 Å². The number of ether oxygens (including phenoxy) is 1. The second-order valence-corrected chi connectivity index (χ2v) is 5.91. The Morgan fingerprint density at radius 3 is 2.83 bits per heavy atom. The minimum Gasteiger partial charge on any atom is -0.357 e. The van der Waals surface area contributed by atoms with Crippen molar-refractivity contribution in [3.63, 3.8) is 0 Å². The highest BCUT2D eigenvalue weighted by atomic mass is 32.2. The summed E-state index contributed by atoms with van der Waals surface area (Å²) in [4.78, 5) is 3.85. The maximum absolute atomic E-state index is 6.05. The van der Waals surface area contributed by atoms with E-state index in [1.54, 1.807) is 0 Å². The molecule has 0 amide bonds. The fourth-order valence-electron chi connectivity index (χ4n) is 2.23. The highest BCUT2D eigenvalue weighted by Gasteiger charge is 2.38. The molecule has 0 aliphatic carbocycles. The first kappa shape index (κ1) is 11.8. The molecule has 1 fully saturated rings. The van der Waals surface area contributed by atoms with Crippen LogP contribution >= 0.6 is 11.8 Å². The van der Waals surface area contributed by atoms with Crippen LogP contribution in [0.5, 0.6) is 0 Å². The van der Waals surface area contributed by atoms with Crippen molar-refractivity contribution in [3.8, 4) is 0 Å². The number of benzene rings is 1. The van der Waals surface area contributed by atoms with Crippen LogP contribution in [0.15, 0.2) is 43.0 Å². The Bertz CT molecular complexity index is 501. The largest absolute Gasteiger partial charge is 0.357 e. The van der Waals surface area contributed by atoms with E-state index < -0.39 is 0 Å². The predicted octanol–water partition coefficient (Wildman–Crippen LogP) is 2.81. The smallest absolute Gasteiger partial charge is 0.157 e. The first-order valence-corrected chi connectivity index (χ1v) is 7.08. The van der Waals surface area contributed by atoms with Crippen molar-refractivity contribution >= 4 is 11.8 Å². The van der Waals surface area contributed by atoms with Crippen molar-refractivity contribution in [2.45, 2.75) is 18.4 Å². The quantitative estimate of drug-likeness (QED) is 0.849. The summed E-state index contributed by atoms with van der Waals surface area (Å²) in [5.41, 5.74) is 2.52. The monoisotopic (exact) mass is 260 g/mol. The Morgan fingerprint density at radius 2 is 2.22 bits per heavy atom. The standard InChI is InChI=1S/C14H16N2OS/c1-12-2-4-13(5-3-12)14(17-8-9-18-14)10-16-7-6-15-11-16/h2-7,11H,8-10H2,1H3. The summed E-state index contributed by atoms with van der Waals surface area (Å²) in [6, 6.07) is 8.63. The molecular formula is C14H16N2OS. The third-order valence-corrected chi connectivity index (χ3v) is 4.51. The third kappa shape index (κ3) is 2.18. The number of aryl methyl sites for hydroxylation is 1. The van der Waals surface area contributed by atoms with Crippen molar-refractivity contribution in [1.82, 2.24) is 9.55 Å². The summed E-state index contributed by atoms with van der Waals surface area (Å²) in [7, 11) is 0. The molecule has 1 aromatic carbocycles. The Labute approximate surface area is 111 Å². The third-order valence-electron chi connectivity index (χ3n) is 3.20. The minimum absolute atomic E-state index is 0.256. The molecule has 0 radical (unpaired) electrons.